The summed E-state index contributed by atoms with van der Waals surface area (Å²) in [6.07, 6.45) is 0. The molecule has 0 bridgehead atoms. The SMILES string of the molecule is O=P([O-])([O-])P(=O)([O-])[O-].[O]=[Zr+2].[O]=[Zr+2]. The van der Waals surface area contributed by atoms with Gasteiger partial charge in [-0.15, -0.1) is 0 Å². The molecule has 0 amide bonds. The summed E-state index contributed by atoms with van der Waals surface area (Å²) in [5.74, 6) is 0. The van der Waals surface area contributed by atoms with E-state index in [-0.39, 0.29) is 0 Å². The third-order valence-corrected chi connectivity index (χ3v) is 2.70. The van der Waals surface area contributed by atoms with Crippen molar-refractivity contribution in [2.75, 3.05) is 0 Å². The summed E-state index contributed by atoms with van der Waals surface area (Å²) in [5.41, 5.74) is 0. The van der Waals surface area contributed by atoms with Gasteiger partial charge in [-0.2, -0.15) is 0 Å². The Balaban J connectivity index is -0.000000175. The zero-order chi connectivity index (χ0) is 11.0. The van der Waals surface area contributed by atoms with Gasteiger partial charge in [-0.05, 0) is 14.6 Å². The summed E-state index contributed by atoms with van der Waals surface area (Å²) in [4.78, 5) is 36.9. The van der Waals surface area contributed by atoms with Crippen LogP contribution in [0.3, 0.4) is 0 Å². The van der Waals surface area contributed by atoms with Crippen molar-refractivity contribution in [2.45, 2.75) is 0 Å². The van der Waals surface area contributed by atoms with Gasteiger partial charge < -0.3 is 28.7 Å². The maximum absolute atomic E-state index is 9.24. The molecule has 0 fully saturated rings. The van der Waals surface area contributed by atoms with Crippen LogP contribution in [0.2, 0.25) is 0 Å². The summed E-state index contributed by atoms with van der Waals surface area (Å²) in [7, 11) is -11.8. The van der Waals surface area contributed by atoms with Crippen molar-refractivity contribution in [1.29, 1.82) is 0 Å². The molecule has 0 aromatic carbocycles. The van der Waals surface area contributed by atoms with Crippen molar-refractivity contribution in [3.05, 3.63) is 0 Å². The topological polar surface area (TPSA) is 161 Å². The van der Waals surface area contributed by atoms with Crippen LogP contribution in [0, 0.1) is 0 Å². The Hall–Kier alpha value is 1.67. The van der Waals surface area contributed by atoms with Gasteiger partial charge in [0.2, 0.25) is 0 Å². The van der Waals surface area contributed by atoms with Gasteiger partial charge in [0.05, 0.1) is 0 Å². The molecule has 8 nitrogen and oxygen atoms in total. The third-order valence-electron chi connectivity index (χ3n) is 0.300. The average Bonchev–Trinajstić information content (AvgIpc) is 1.92. The van der Waals surface area contributed by atoms with Crippen molar-refractivity contribution in [2.24, 2.45) is 0 Å². The molecule has 0 radical (unpaired) electrons. The quantitative estimate of drug-likeness (QED) is 0.428. The molecule has 12 heteroatoms. The molecule has 0 atom stereocenters. The van der Waals surface area contributed by atoms with Crippen LogP contribution < -0.4 is 19.6 Å². The van der Waals surface area contributed by atoms with E-state index >= 15 is 0 Å². The molecule has 0 aromatic rings. The Morgan fingerprint density at radius 3 is 0.750 bits per heavy atom. The number of hydrogen-bond donors (Lipinski definition) is 0. The fourth-order valence-electron chi connectivity index (χ4n) is 0. The van der Waals surface area contributed by atoms with E-state index in [1.807, 2.05) is 0 Å². The minimum atomic E-state index is -5.91. The van der Waals surface area contributed by atoms with Crippen molar-refractivity contribution in [1.82, 2.24) is 0 Å². The Morgan fingerprint density at radius 1 is 0.667 bits per heavy atom. The molecule has 0 saturated heterocycles. The Bertz CT molecular complexity index is 165. The molecule has 0 heterocycles. The maximum atomic E-state index is 9.24. The first kappa shape index (κ1) is 19.3. The molecule has 0 aliphatic carbocycles. The molecule has 0 aliphatic rings. The van der Waals surface area contributed by atoms with Crippen LogP contribution in [0.5, 0.6) is 0 Å². The zero-order valence-electron chi connectivity index (χ0n) is 5.16. The van der Waals surface area contributed by atoms with Gasteiger partial charge in [-0.3, -0.25) is 0 Å². The summed E-state index contributed by atoms with van der Waals surface area (Å²) < 4.78 is 35.2. The van der Waals surface area contributed by atoms with E-state index < -0.39 is 14.6 Å². The van der Waals surface area contributed by atoms with Gasteiger partial charge in [-0.25, -0.2) is 0 Å². The molecule has 0 aromatic heterocycles. The predicted molar refractivity (Wildman–Crippen MR) is 16.6 cm³/mol. The average molecular weight is 372 g/mol. The standard InChI is InChI=1S/H4O6P2.2O.2Zr/c1-7(2,3)8(4,5)6;;;;/h(H2,1,2,3)(H2,4,5,6);;;;/q;;;2*+2/p-4. The fraction of sp³-hybridized carbons (Fsp3) is 0. The second-order valence-corrected chi connectivity index (χ2v) is 5.75. The Kier molecular flexibility index (Phi) is 14.8. The molecule has 66 valence electrons. The van der Waals surface area contributed by atoms with Gasteiger partial charge in [-0.1, -0.05) is 0 Å². The van der Waals surface area contributed by atoms with E-state index in [0.717, 1.165) is 0 Å². The van der Waals surface area contributed by atoms with Crippen LogP contribution in [0.15, 0.2) is 0 Å². The van der Waals surface area contributed by atoms with Crippen molar-refractivity contribution >= 4 is 14.6 Å². The molecule has 0 spiro atoms. The van der Waals surface area contributed by atoms with Crippen LogP contribution in [-0.2, 0) is 64.2 Å². The van der Waals surface area contributed by atoms with Crippen molar-refractivity contribution in [3.8, 4) is 0 Å². The summed E-state index contributed by atoms with van der Waals surface area (Å²) in [6.45, 7) is 0. The molecule has 0 rings (SSSR count). The van der Waals surface area contributed by atoms with Crippen LogP contribution in [-0.4, -0.2) is 0 Å². The van der Waals surface area contributed by atoms with E-state index in [2.05, 4.69) is 0 Å². The van der Waals surface area contributed by atoms with Crippen molar-refractivity contribution in [3.63, 3.8) is 0 Å². The first-order valence-electron chi connectivity index (χ1n) is 1.70. The number of hydrogen-bond acceptors (Lipinski definition) is 8. The van der Waals surface area contributed by atoms with Gasteiger partial charge >= 0.3 is 55.1 Å². The molecule has 0 N–H and O–H groups in total. The van der Waals surface area contributed by atoms with Crippen molar-refractivity contribution < 1.29 is 83.8 Å². The minimum absolute atomic E-state index is 0.300. The van der Waals surface area contributed by atoms with E-state index in [1.54, 1.807) is 0 Å². The van der Waals surface area contributed by atoms with Crippen LogP contribution in [0.4, 0.5) is 0 Å². The van der Waals surface area contributed by atoms with E-state index in [1.165, 1.54) is 0 Å². The molecular formula is O8P2Zr2. The van der Waals surface area contributed by atoms with Gasteiger partial charge in [0.25, 0.3) is 0 Å². The van der Waals surface area contributed by atoms with Gasteiger partial charge in [0.1, 0.15) is 0 Å². The van der Waals surface area contributed by atoms with E-state index in [4.69, 9.17) is 5.63 Å². The zero-order valence-corrected chi connectivity index (χ0v) is 11.9. The van der Waals surface area contributed by atoms with Crippen LogP contribution >= 0.6 is 14.6 Å². The third kappa shape index (κ3) is 11.7. The first-order chi connectivity index (χ1) is 5.25. The monoisotopic (exact) mass is 370 g/mol. The second-order valence-electron chi connectivity index (χ2n) is 0.937. The second kappa shape index (κ2) is 9.23. The molecule has 0 aliphatic heterocycles. The normalized spacial score (nSPS) is 10.3. The van der Waals surface area contributed by atoms with Crippen LogP contribution in [0.1, 0.15) is 0 Å². The molecule has 0 saturated carbocycles. The molecule has 0 unspecified atom stereocenters. The Morgan fingerprint density at radius 2 is 0.750 bits per heavy atom. The fourth-order valence-corrected chi connectivity index (χ4v) is 0. The summed E-state index contributed by atoms with van der Waals surface area (Å²) >= 11 is 0.600. The predicted octanol–water partition coefficient (Wildman–Crippen LogP) is -3.51. The van der Waals surface area contributed by atoms with E-state index in [9.17, 15) is 28.7 Å². The molecule has 12 heavy (non-hydrogen) atoms. The van der Waals surface area contributed by atoms with Crippen LogP contribution in [0.25, 0.3) is 0 Å². The van der Waals surface area contributed by atoms with Gasteiger partial charge in [0, 0.05) is 0 Å². The first-order valence-corrected chi connectivity index (χ1v) is 7.50. The van der Waals surface area contributed by atoms with Gasteiger partial charge in [0.15, 0.2) is 0 Å². The summed E-state index contributed by atoms with van der Waals surface area (Å²) in [6, 6.07) is 0. The molecular weight excluding hydrogens is 372 g/mol. The Labute approximate surface area is 97.5 Å². The summed E-state index contributed by atoms with van der Waals surface area (Å²) in [5, 5.41) is 0. The number of rotatable bonds is 1. The van der Waals surface area contributed by atoms with E-state index in [0.29, 0.717) is 49.4 Å².